The Morgan fingerprint density at radius 3 is 2.42 bits per heavy atom. The van der Waals surface area contributed by atoms with Gasteiger partial charge in [-0.1, -0.05) is 26.0 Å². The zero-order valence-electron chi connectivity index (χ0n) is 18.9. The van der Waals surface area contributed by atoms with E-state index in [1.807, 2.05) is 13.8 Å². The predicted molar refractivity (Wildman–Crippen MR) is 122 cm³/mol. The maximum absolute atomic E-state index is 13.4. The number of ether oxygens (including phenoxy) is 1. The molecule has 1 aromatic heterocycles. The first-order valence-electron chi connectivity index (χ1n) is 10.7. The molecule has 10 heteroatoms. The molecule has 1 unspecified atom stereocenters. The van der Waals surface area contributed by atoms with Gasteiger partial charge in [0.15, 0.2) is 0 Å². The zero-order chi connectivity index (χ0) is 24.3. The van der Waals surface area contributed by atoms with Crippen LogP contribution in [0.25, 0.3) is 0 Å². The minimum Gasteiger partial charge on any atom is -0.462 e. The lowest BCUT2D eigenvalue weighted by Crippen LogP contribution is -2.44. The largest absolute Gasteiger partial charge is 0.462 e. The highest BCUT2D eigenvalue weighted by Crippen LogP contribution is 2.35. The van der Waals surface area contributed by atoms with Crippen molar-refractivity contribution in [1.29, 1.82) is 0 Å². The summed E-state index contributed by atoms with van der Waals surface area (Å²) in [7, 11) is 0. The average Bonchev–Trinajstić information content (AvgIpc) is 3.22. The fourth-order valence-electron chi connectivity index (χ4n) is 3.96. The van der Waals surface area contributed by atoms with Gasteiger partial charge in [0, 0.05) is 4.88 Å². The number of rotatable bonds is 8. The van der Waals surface area contributed by atoms with Crippen molar-refractivity contribution in [2.24, 2.45) is 0 Å². The highest BCUT2D eigenvalue weighted by Gasteiger charge is 2.51. The van der Waals surface area contributed by atoms with Crippen LogP contribution in [0, 0.1) is 12.7 Å². The maximum Gasteiger partial charge on any atom is 0.341 e. The number of nitrogens with one attached hydrogen (secondary N) is 2. The van der Waals surface area contributed by atoms with Crippen LogP contribution in [0.2, 0.25) is 0 Å². The molecule has 4 amide bonds. The number of imide groups is 1. The molecule has 33 heavy (non-hydrogen) atoms. The maximum atomic E-state index is 13.4. The molecule has 1 aliphatic rings. The smallest absolute Gasteiger partial charge is 0.341 e. The number of halogens is 1. The summed E-state index contributed by atoms with van der Waals surface area (Å²) in [4.78, 5) is 52.8. The normalized spacial score (nSPS) is 17.8. The van der Waals surface area contributed by atoms with E-state index in [1.54, 1.807) is 13.8 Å². The zero-order valence-corrected chi connectivity index (χ0v) is 19.7. The van der Waals surface area contributed by atoms with Gasteiger partial charge in [0.05, 0.1) is 12.2 Å². The number of anilines is 1. The second-order valence-electron chi connectivity index (χ2n) is 7.55. The number of urea groups is 1. The molecule has 0 bridgehead atoms. The number of nitrogens with zero attached hydrogens (tertiary/aromatic N) is 1. The van der Waals surface area contributed by atoms with E-state index in [0.717, 1.165) is 15.3 Å². The monoisotopic (exact) mass is 475 g/mol. The Balaban J connectivity index is 1.83. The molecular weight excluding hydrogens is 449 g/mol. The molecular formula is C23H26FN3O5S. The van der Waals surface area contributed by atoms with Gasteiger partial charge >= 0.3 is 12.0 Å². The summed E-state index contributed by atoms with van der Waals surface area (Å²) in [5.41, 5.74) is 0.126. The molecule has 1 saturated heterocycles. The van der Waals surface area contributed by atoms with Gasteiger partial charge in [0.25, 0.3) is 5.91 Å². The van der Waals surface area contributed by atoms with Gasteiger partial charge in [0.2, 0.25) is 5.91 Å². The number of esters is 1. The molecule has 0 aliphatic carbocycles. The van der Waals surface area contributed by atoms with E-state index in [2.05, 4.69) is 10.6 Å². The molecule has 2 aromatic rings. The second kappa shape index (κ2) is 9.70. The minimum atomic E-state index is -1.38. The van der Waals surface area contributed by atoms with Crippen molar-refractivity contribution in [3.05, 3.63) is 51.7 Å². The number of hydrogen-bond acceptors (Lipinski definition) is 6. The Hall–Kier alpha value is -3.27. The van der Waals surface area contributed by atoms with E-state index >= 15 is 0 Å². The van der Waals surface area contributed by atoms with Crippen LogP contribution in [0.5, 0.6) is 0 Å². The van der Waals surface area contributed by atoms with Crippen LogP contribution < -0.4 is 10.6 Å². The van der Waals surface area contributed by atoms with E-state index in [4.69, 9.17) is 4.74 Å². The summed E-state index contributed by atoms with van der Waals surface area (Å²) in [6.45, 7) is 6.81. The van der Waals surface area contributed by atoms with Crippen molar-refractivity contribution in [2.45, 2.75) is 46.1 Å². The van der Waals surface area contributed by atoms with Crippen molar-refractivity contribution in [3.63, 3.8) is 0 Å². The van der Waals surface area contributed by atoms with Crippen molar-refractivity contribution in [3.8, 4) is 0 Å². The standard InChI is InChI=1S/C23H26FN3O5S/c1-5-16-13(4)33-19(18(16)20(29)32-7-3)25-17(28)12-27-21(30)23(6-2,26-22(27)31)14-8-10-15(24)11-9-14/h8-11H,5-7,12H2,1-4H3,(H,25,28)(H,26,31). The molecule has 1 fully saturated rings. The summed E-state index contributed by atoms with van der Waals surface area (Å²) in [5, 5.41) is 5.63. The molecule has 2 N–H and O–H groups in total. The minimum absolute atomic E-state index is 0.190. The lowest BCUT2D eigenvalue weighted by Gasteiger charge is -2.25. The Labute approximate surface area is 195 Å². The molecule has 8 nitrogen and oxygen atoms in total. The highest BCUT2D eigenvalue weighted by molar-refractivity contribution is 7.16. The Morgan fingerprint density at radius 2 is 1.85 bits per heavy atom. The molecule has 176 valence electrons. The highest BCUT2D eigenvalue weighted by atomic mass is 32.1. The third-order valence-electron chi connectivity index (χ3n) is 5.64. The lowest BCUT2D eigenvalue weighted by atomic mass is 9.87. The van der Waals surface area contributed by atoms with Crippen LogP contribution in [0.3, 0.4) is 0 Å². The molecule has 1 atom stereocenters. The molecule has 1 aliphatic heterocycles. The lowest BCUT2D eigenvalue weighted by molar-refractivity contribution is -0.134. The fourth-order valence-corrected chi connectivity index (χ4v) is 5.11. The third kappa shape index (κ3) is 4.47. The van der Waals surface area contributed by atoms with Gasteiger partial charge in [-0.2, -0.15) is 0 Å². The van der Waals surface area contributed by atoms with E-state index in [-0.39, 0.29) is 13.0 Å². The Morgan fingerprint density at radius 1 is 1.18 bits per heavy atom. The topological polar surface area (TPSA) is 105 Å². The number of benzene rings is 1. The average molecular weight is 476 g/mol. The number of carbonyl (C=O) groups excluding carboxylic acids is 4. The first-order valence-corrected chi connectivity index (χ1v) is 11.5. The van der Waals surface area contributed by atoms with Gasteiger partial charge in [-0.25, -0.2) is 14.0 Å². The first kappa shape index (κ1) is 24.4. The predicted octanol–water partition coefficient (Wildman–Crippen LogP) is 3.73. The van der Waals surface area contributed by atoms with Crippen LogP contribution in [-0.2, 0) is 26.3 Å². The Kier molecular flexibility index (Phi) is 7.16. The van der Waals surface area contributed by atoms with Crippen molar-refractivity contribution in [2.75, 3.05) is 18.5 Å². The van der Waals surface area contributed by atoms with E-state index in [9.17, 15) is 23.6 Å². The molecule has 0 radical (unpaired) electrons. The number of aryl methyl sites for hydroxylation is 1. The molecule has 3 rings (SSSR count). The van der Waals surface area contributed by atoms with Gasteiger partial charge in [-0.05, 0) is 49.9 Å². The molecule has 0 spiro atoms. The number of carbonyl (C=O) groups is 4. The number of thiophene rings is 1. The summed E-state index contributed by atoms with van der Waals surface area (Å²) in [6, 6.07) is 4.58. The summed E-state index contributed by atoms with van der Waals surface area (Å²) >= 11 is 1.24. The quantitative estimate of drug-likeness (QED) is 0.447. The van der Waals surface area contributed by atoms with Crippen molar-refractivity contribution >= 4 is 40.2 Å². The van der Waals surface area contributed by atoms with Crippen LogP contribution in [-0.4, -0.2) is 41.9 Å². The Bertz CT molecular complexity index is 1100. The number of amides is 4. The van der Waals surface area contributed by atoms with E-state index < -0.39 is 41.7 Å². The molecule has 1 aromatic carbocycles. The van der Waals surface area contributed by atoms with Gasteiger partial charge < -0.3 is 15.4 Å². The summed E-state index contributed by atoms with van der Waals surface area (Å²) < 4.78 is 18.5. The van der Waals surface area contributed by atoms with Crippen LogP contribution in [0.1, 0.15) is 53.6 Å². The van der Waals surface area contributed by atoms with Gasteiger partial charge in [-0.3, -0.25) is 14.5 Å². The summed E-state index contributed by atoms with van der Waals surface area (Å²) in [6.07, 6.45) is 0.800. The second-order valence-corrected chi connectivity index (χ2v) is 8.78. The van der Waals surface area contributed by atoms with Crippen LogP contribution in [0.15, 0.2) is 24.3 Å². The van der Waals surface area contributed by atoms with Crippen LogP contribution in [0.4, 0.5) is 14.2 Å². The SMILES string of the molecule is CCOC(=O)c1c(NC(=O)CN2C(=O)NC(CC)(c3ccc(F)cc3)C2=O)sc(C)c1CC. The molecule has 2 heterocycles. The van der Waals surface area contributed by atoms with Crippen LogP contribution >= 0.6 is 11.3 Å². The van der Waals surface area contributed by atoms with Crippen molar-refractivity contribution in [1.82, 2.24) is 10.2 Å². The number of hydrogen-bond donors (Lipinski definition) is 2. The molecule has 0 saturated carbocycles. The fraction of sp³-hybridized carbons (Fsp3) is 0.391. The van der Waals surface area contributed by atoms with Gasteiger partial charge in [0.1, 0.15) is 22.9 Å². The summed E-state index contributed by atoms with van der Waals surface area (Å²) in [5.74, 6) is -2.23. The third-order valence-corrected chi connectivity index (χ3v) is 6.70. The van der Waals surface area contributed by atoms with E-state index in [1.165, 1.54) is 35.6 Å². The first-order chi connectivity index (χ1) is 15.7. The van der Waals surface area contributed by atoms with E-state index in [0.29, 0.717) is 22.5 Å². The van der Waals surface area contributed by atoms with Gasteiger partial charge in [-0.15, -0.1) is 11.3 Å². The van der Waals surface area contributed by atoms with Crippen molar-refractivity contribution < 1.29 is 28.3 Å².